The van der Waals surface area contributed by atoms with E-state index >= 15 is 0 Å². The Balaban J connectivity index is 1.14. The number of carbonyl (C=O) groups is 2. The maximum absolute atomic E-state index is 12.8. The molecule has 2 aliphatic rings. The predicted molar refractivity (Wildman–Crippen MR) is 118 cm³/mol. The normalized spacial score (nSPS) is 15.6. The number of anilines is 1. The zero-order valence-electron chi connectivity index (χ0n) is 17.6. The Bertz CT molecular complexity index is 1120. The molecule has 2 aliphatic heterocycles. The molecule has 0 radical (unpaired) electrons. The molecule has 0 bridgehead atoms. The number of amides is 2. The van der Waals surface area contributed by atoms with E-state index in [1.807, 2.05) is 59.5 Å². The van der Waals surface area contributed by atoms with Crippen molar-refractivity contribution in [3.05, 3.63) is 66.4 Å². The smallest absolute Gasteiger partial charge is 0.231 e. The molecule has 2 aromatic carbocycles. The second-order valence-corrected chi connectivity index (χ2v) is 8.07. The van der Waals surface area contributed by atoms with E-state index in [0.717, 1.165) is 22.6 Å². The standard InChI is InChI=1S/C25H24N2O5/c28-24(14-17-6-7-22-23(13-17)32-16-31-22)27-10-8-18(9-11-27)25(29)26-20-4-1-3-19(15-20)21-5-2-12-30-21/h1-7,12-13,15,18H,8-11,14,16H2,(H,26,29). The first-order valence-electron chi connectivity index (χ1n) is 10.8. The van der Waals surface area contributed by atoms with E-state index in [9.17, 15) is 9.59 Å². The van der Waals surface area contributed by atoms with Crippen molar-refractivity contribution in [1.29, 1.82) is 0 Å². The summed E-state index contributed by atoms with van der Waals surface area (Å²) < 4.78 is 16.1. The molecule has 32 heavy (non-hydrogen) atoms. The Morgan fingerprint density at radius 2 is 1.81 bits per heavy atom. The molecule has 1 saturated heterocycles. The first-order chi connectivity index (χ1) is 15.7. The van der Waals surface area contributed by atoms with Gasteiger partial charge in [-0.05, 0) is 54.8 Å². The molecule has 7 heteroatoms. The van der Waals surface area contributed by atoms with Crippen molar-refractivity contribution < 1.29 is 23.5 Å². The summed E-state index contributed by atoms with van der Waals surface area (Å²) in [5, 5.41) is 3.01. The van der Waals surface area contributed by atoms with Crippen molar-refractivity contribution in [3.63, 3.8) is 0 Å². The van der Waals surface area contributed by atoms with Gasteiger partial charge in [-0.3, -0.25) is 9.59 Å². The average Bonchev–Trinajstić information content (AvgIpc) is 3.51. The fraction of sp³-hybridized carbons (Fsp3) is 0.280. The van der Waals surface area contributed by atoms with Crippen LogP contribution in [0.15, 0.2) is 65.3 Å². The van der Waals surface area contributed by atoms with Crippen LogP contribution >= 0.6 is 0 Å². The van der Waals surface area contributed by atoms with Crippen LogP contribution in [0.3, 0.4) is 0 Å². The largest absolute Gasteiger partial charge is 0.464 e. The summed E-state index contributed by atoms with van der Waals surface area (Å²) in [4.78, 5) is 27.3. The minimum atomic E-state index is -0.114. The van der Waals surface area contributed by atoms with Crippen LogP contribution in [0.5, 0.6) is 11.5 Å². The van der Waals surface area contributed by atoms with E-state index in [-0.39, 0.29) is 24.5 Å². The highest BCUT2D eigenvalue weighted by Gasteiger charge is 2.27. The summed E-state index contributed by atoms with van der Waals surface area (Å²) in [7, 11) is 0. The number of furan rings is 1. The van der Waals surface area contributed by atoms with E-state index in [4.69, 9.17) is 13.9 Å². The maximum atomic E-state index is 12.8. The van der Waals surface area contributed by atoms with Crippen LogP contribution in [-0.2, 0) is 16.0 Å². The molecule has 5 rings (SSSR count). The molecule has 0 saturated carbocycles. The lowest BCUT2D eigenvalue weighted by Gasteiger charge is -2.31. The molecule has 1 N–H and O–H groups in total. The van der Waals surface area contributed by atoms with Crippen LogP contribution in [-0.4, -0.2) is 36.6 Å². The van der Waals surface area contributed by atoms with E-state index in [1.165, 1.54) is 0 Å². The lowest BCUT2D eigenvalue weighted by molar-refractivity contribution is -0.133. The summed E-state index contributed by atoms with van der Waals surface area (Å²) in [5.41, 5.74) is 2.55. The molecular formula is C25H24N2O5. The first kappa shape index (κ1) is 20.2. The average molecular weight is 432 g/mol. The number of likely N-dealkylation sites (tertiary alicyclic amines) is 1. The van der Waals surface area contributed by atoms with Gasteiger partial charge >= 0.3 is 0 Å². The Hall–Kier alpha value is -3.74. The third kappa shape index (κ3) is 4.32. The van der Waals surface area contributed by atoms with Crippen LogP contribution in [0.25, 0.3) is 11.3 Å². The molecule has 3 aromatic rings. The van der Waals surface area contributed by atoms with Crippen molar-refractivity contribution in [3.8, 4) is 22.8 Å². The van der Waals surface area contributed by atoms with Crippen molar-refractivity contribution in [2.75, 3.05) is 25.2 Å². The SMILES string of the molecule is O=C(Nc1cccc(-c2ccco2)c1)C1CCN(C(=O)Cc2ccc3c(c2)OCO3)CC1. The Morgan fingerprint density at radius 3 is 2.62 bits per heavy atom. The quantitative estimate of drug-likeness (QED) is 0.657. The monoisotopic (exact) mass is 432 g/mol. The van der Waals surface area contributed by atoms with Gasteiger partial charge in [-0.25, -0.2) is 0 Å². The number of hydrogen-bond acceptors (Lipinski definition) is 5. The molecule has 2 amide bonds. The van der Waals surface area contributed by atoms with E-state index in [2.05, 4.69) is 5.32 Å². The summed E-state index contributed by atoms with van der Waals surface area (Å²) in [6, 6.07) is 16.9. The van der Waals surface area contributed by atoms with Crippen molar-refractivity contribution in [2.45, 2.75) is 19.3 Å². The third-order valence-electron chi connectivity index (χ3n) is 5.95. The van der Waals surface area contributed by atoms with Gasteiger partial charge in [0.2, 0.25) is 18.6 Å². The molecule has 164 valence electrons. The zero-order valence-corrected chi connectivity index (χ0v) is 17.6. The first-order valence-corrected chi connectivity index (χ1v) is 10.8. The molecular weight excluding hydrogens is 408 g/mol. The highest BCUT2D eigenvalue weighted by molar-refractivity contribution is 5.93. The lowest BCUT2D eigenvalue weighted by Crippen LogP contribution is -2.42. The molecule has 0 spiro atoms. The molecule has 7 nitrogen and oxygen atoms in total. The minimum absolute atomic E-state index is 0.00975. The number of hydrogen-bond donors (Lipinski definition) is 1. The van der Waals surface area contributed by atoms with Gasteiger partial charge in [0.15, 0.2) is 11.5 Å². The second-order valence-electron chi connectivity index (χ2n) is 8.07. The molecule has 1 aromatic heterocycles. The van der Waals surface area contributed by atoms with Crippen LogP contribution in [0.1, 0.15) is 18.4 Å². The summed E-state index contributed by atoms with van der Waals surface area (Å²) in [6.07, 6.45) is 3.24. The summed E-state index contributed by atoms with van der Waals surface area (Å²) in [5.74, 6) is 2.09. The Kier molecular flexibility index (Phi) is 5.54. The van der Waals surface area contributed by atoms with Crippen LogP contribution in [0.2, 0.25) is 0 Å². The molecule has 0 aliphatic carbocycles. The predicted octanol–water partition coefficient (Wildman–Crippen LogP) is 4.10. The van der Waals surface area contributed by atoms with Gasteiger partial charge in [-0.2, -0.15) is 0 Å². The number of piperidine rings is 1. The molecule has 0 atom stereocenters. The Labute approximate surface area is 185 Å². The van der Waals surface area contributed by atoms with Crippen LogP contribution in [0, 0.1) is 5.92 Å². The van der Waals surface area contributed by atoms with Gasteiger partial charge in [0.05, 0.1) is 12.7 Å². The van der Waals surface area contributed by atoms with Gasteiger partial charge in [0.1, 0.15) is 5.76 Å². The fourth-order valence-electron chi connectivity index (χ4n) is 4.17. The minimum Gasteiger partial charge on any atom is -0.464 e. The van der Waals surface area contributed by atoms with E-state index in [1.54, 1.807) is 6.26 Å². The highest BCUT2D eigenvalue weighted by atomic mass is 16.7. The molecule has 3 heterocycles. The van der Waals surface area contributed by atoms with Crippen LogP contribution in [0.4, 0.5) is 5.69 Å². The van der Waals surface area contributed by atoms with E-state index in [0.29, 0.717) is 43.9 Å². The van der Waals surface area contributed by atoms with Gasteiger partial charge in [0, 0.05) is 30.3 Å². The van der Waals surface area contributed by atoms with Gasteiger partial charge in [-0.1, -0.05) is 18.2 Å². The fourth-order valence-corrected chi connectivity index (χ4v) is 4.17. The third-order valence-corrected chi connectivity index (χ3v) is 5.95. The number of fused-ring (bicyclic) bond motifs is 1. The summed E-state index contributed by atoms with van der Waals surface area (Å²) in [6.45, 7) is 1.37. The number of benzene rings is 2. The summed E-state index contributed by atoms with van der Waals surface area (Å²) >= 11 is 0. The number of nitrogens with zero attached hydrogens (tertiary/aromatic N) is 1. The van der Waals surface area contributed by atoms with Crippen molar-refractivity contribution in [2.24, 2.45) is 5.92 Å². The number of ether oxygens (including phenoxy) is 2. The molecule has 1 fully saturated rings. The number of nitrogens with one attached hydrogen (secondary N) is 1. The van der Waals surface area contributed by atoms with Crippen molar-refractivity contribution in [1.82, 2.24) is 4.90 Å². The van der Waals surface area contributed by atoms with Gasteiger partial charge in [-0.15, -0.1) is 0 Å². The highest BCUT2D eigenvalue weighted by Crippen LogP contribution is 2.33. The van der Waals surface area contributed by atoms with Crippen LogP contribution < -0.4 is 14.8 Å². The Morgan fingerprint density at radius 1 is 0.969 bits per heavy atom. The maximum Gasteiger partial charge on any atom is 0.231 e. The lowest BCUT2D eigenvalue weighted by atomic mass is 9.95. The topological polar surface area (TPSA) is 81.0 Å². The zero-order chi connectivity index (χ0) is 21.9. The molecule has 0 unspecified atom stereocenters. The number of carbonyl (C=O) groups excluding carboxylic acids is 2. The van der Waals surface area contributed by atoms with Crippen molar-refractivity contribution >= 4 is 17.5 Å². The second kappa shape index (κ2) is 8.78. The van der Waals surface area contributed by atoms with Gasteiger partial charge < -0.3 is 24.1 Å². The van der Waals surface area contributed by atoms with E-state index < -0.39 is 0 Å². The number of rotatable bonds is 5. The van der Waals surface area contributed by atoms with Gasteiger partial charge in [0.25, 0.3) is 0 Å².